The van der Waals surface area contributed by atoms with Gasteiger partial charge in [0.2, 0.25) is 0 Å². The molecule has 1 unspecified atom stereocenters. The highest BCUT2D eigenvalue weighted by molar-refractivity contribution is 5.15. The first-order chi connectivity index (χ1) is 6.18. The van der Waals surface area contributed by atoms with Gasteiger partial charge in [-0.15, -0.1) is 0 Å². The molecule has 1 heteroatoms. The molecule has 1 aliphatic heterocycles. The van der Waals surface area contributed by atoms with Gasteiger partial charge in [-0.2, -0.15) is 0 Å². The third-order valence-electron chi connectivity index (χ3n) is 2.06. The minimum atomic E-state index is 0.246. The summed E-state index contributed by atoms with van der Waals surface area (Å²) in [5.41, 5.74) is 2.50. The van der Waals surface area contributed by atoms with Crippen LogP contribution in [-0.4, -0.2) is 12.7 Å². The van der Waals surface area contributed by atoms with Crippen LogP contribution in [0.1, 0.15) is 26.7 Å². The lowest BCUT2D eigenvalue weighted by molar-refractivity contribution is 0.0940. The highest BCUT2D eigenvalue weighted by Gasteiger charge is 2.08. The van der Waals surface area contributed by atoms with Gasteiger partial charge in [0.15, 0.2) is 0 Å². The van der Waals surface area contributed by atoms with E-state index in [9.17, 15) is 0 Å². The van der Waals surface area contributed by atoms with E-state index in [1.54, 1.807) is 0 Å². The summed E-state index contributed by atoms with van der Waals surface area (Å²) in [6, 6.07) is 0. The standard InChI is InChI=1S/C12H18O/c1-10(2)6-7-12-9-11(3)5-4-8-13-12/h5-7,12H,1,4,8-9H2,2-3H3/b7-6-. The van der Waals surface area contributed by atoms with Crippen molar-refractivity contribution in [3.63, 3.8) is 0 Å². The summed E-state index contributed by atoms with van der Waals surface area (Å²) >= 11 is 0. The van der Waals surface area contributed by atoms with E-state index in [0.29, 0.717) is 0 Å². The SMILES string of the molecule is C=C(C)/C=C\C1CC(C)=CCCO1. The van der Waals surface area contributed by atoms with Crippen molar-refractivity contribution in [3.05, 3.63) is 36.0 Å². The molecule has 1 atom stereocenters. The van der Waals surface area contributed by atoms with Crippen molar-refractivity contribution in [1.82, 2.24) is 0 Å². The van der Waals surface area contributed by atoms with Crippen LogP contribution in [-0.2, 0) is 4.74 Å². The van der Waals surface area contributed by atoms with Crippen LogP contribution < -0.4 is 0 Å². The predicted octanol–water partition coefficient (Wildman–Crippen LogP) is 3.24. The average Bonchev–Trinajstić information content (AvgIpc) is 2.26. The number of rotatable bonds is 2. The maximum Gasteiger partial charge on any atom is 0.0796 e. The fraction of sp³-hybridized carbons (Fsp3) is 0.500. The molecule has 0 fully saturated rings. The molecule has 0 aromatic carbocycles. The van der Waals surface area contributed by atoms with Gasteiger partial charge in [0, 0.05) is 0 Å². The van der Waals surface area contributed by atoms with Crippen molar-refractivity contribution in [3.8, 4) is 0 Å². The molecule has 0 saturated carbocycles. The summed E-state index contributed by atoms with van der Waals surface area (Å²) in [6.45, 7) is 8.82. The molecule has 1 aliphatic rings. The molecule has 13 heavy (non-hydrogen) atoms. The van der Waals surface area contributed by atoms with Crippen LogP contribution in [0.3, 0.4) is 0 Å². The Labute approximate surface area is 80.8 Å². The second kappa shape index (κ2) is 5.03. The minimum absolute atomic E-state index is 0.246. The van der Waals surface area contributed by atoms with Gasteiger partial charge in [-0.3, -0.25) is 0 Å². The third-order valence-corrected chi connectivity index (χ3v) is 2.06. The fourth-order valence-corrected chi connectivity index (χ4v) is 1.38. The topological polar surface area (TPSA) is 9.23 Å². The fourth-order valence-electron chi connectivity index (χ4n) is 1.38. The average molecular weight is 178 g/mol. The Kier molecular flexibility index (Phi) is 3.97. The van der Waals surface area contributed by atoms with Crippen molar-refractivity contribution in [2.75, 3.05) is 6.61 Å². The molecule has 0 saturated heterocycles. The van der Waals surface area contributed by atoms with Crippen LogP contribution in [0.5, 0.6) is 0 Å². The number of hydrogen-bond acceptors (Lipinski definition) is 1. The van der Waals surface area contributed by atoms with Crippen molar-refractivity contribution < 1.29 is 4.74 Å². The molecule has 0 aromatic heterocycles. The Morgan fingerprint density at radius 1 is 1.69 bits per heavy atom. The smallest absolute Gasteiger partial charge is 0.0796 e. The molecule has 0 bridgehead atoms. The molecular weight excluding hydrogens is 160 g/mol. The molecule has 1 nitrogen and oxygen atoms in total. The minimum Gasteiger partial charge on any atom is -0.373 e. The first-order valence-corrected chi connectivity index (χ1v) is 4.79. The Morgan fingerprint density at radius 2 is 2.46 bits per heavy atom. The van der Waals surface area contributed by atoms with Gasteiger partial charge in [-0.05, 0) is 26.7 Å². The second-order valence-electron chi connectivity index (χ2n) is 3.66. The molecule has 0 amide bonds. The lowest BCUT2D eigenvalue weighted by atomic mass is 10.1. The third kappa shape index (κ3) is 4.09. The van der Waals surface area contributed by atoms with E-state index in [1.165, 1.54) is 5.57 Å². The monoisotopic (exact) mass is 178 g/mol. The molecule has 1 rings (SSSR count). The van der Waals surface area contributed by atoms with Crippen molar-refractivity contribution >= 4 is 0 Å². The van der Waals surface area contributed by atoms with Gasteiger partial charge in [-0.1, -0.05) is 36.0 Å². The van der Waals surface area contributed by atoms with Crippen LogP contribution >= 0.6 is 0 Å². The van der Waals surface area contributed by atoms with Gasteiger partial charge < -0.3 is 4.74 Å². The summed E-state index contributed by atoms with van der Waals surface area (Å²) in [6.07, 6.45) is 8.70. The molecule has 0 N–H and O–H groups in total. The summed E-state index contributed by atoms with van der Waals surface area (Å²) < 4.78 is 5.64. The predicted molar refractivity (Wildman–Crippen MR) is 56.7 cm³/mol. The van der Waals surface area contributed by atoms with Crippen LogP contribution in [0.15, 0.2) is 36.0 Å². The number of allylic oxidation sites excluding steroid dienone is 2. The zero-order chi connectivity index (χ0) is 9.68. The molecule has 72 valence electrons. The van der Waals surface area contributed by atoms with Crippen molar-refractivity contribution in [2.24, 2.45) is 0 Å². The normalized spacial score (nSPS) is 24.2. The molecule has 0 aromatic rings. The van der Waals surface area contributed by atoms with E-state index in [-0.39, 0.29) is 6.10 Å². The van der Waals surface area contributed by atoms with E-state index in [4.69, 9.17) is 4.74 Å². The zero-order valence-electron chi connectivity index (χ0n) is 8.55. The van der Waals surface area contributed by atoms with E-state index in [2.05, 4.69) is 25.7 Å². The van der Waals surface area contributed by atoms with E-state index < -0.39 is 0 Å². The summed E-state index contributed by atoms with van der Waals surface area (Å²) in [5.74, 6) is 0. The van der Waals surface area contributed by atoms with E-state index in [0.717, 1.165) is 25.0 Å². The Bertz CT molecular complexity index is 236. The molecule has 0 spiro atoms. The summed E-state index contributed by atoms with van der Waals surface area (Å²) in [4.78, 5) is 0. The highest BCUT2D eigenvalue weighted by Crippen LogP contribution is 2.15. The number of ether oxygens (including phenoxy) is 1. The van der Waals surface area contributed by atoms with Gasteiger partial charge in [0.05, 0.1) is 12.7 Å². The van der Waals surface area contributed by atoms with Gasteiger partial charge >= 0.3 is 0 Å². The lowest BCUT2D eigenvalue weighted by Gasteiger charge is -2.10. The first-order valence-electron chi connectivity index (χ1n) is 4.79. The number of hydrogen-bond donors (Lipinski definition) is 0. The van der Waals surface area contributed by atoms with Gasteiger partial charge in [0.25, 0.3) is 0 Å². The quantitative estimate of drug-likeness (QED) is 0.466. The molecule has 0 radical (unpaired) electrons. The maximum atomic E-state index is 5.64. The van der Waals surface area contributed by atoms with Gasteiger partial charge in [-0.25, -0.2) is 0 Å². The zero-order valence-corrected chi connectivity index (χ0v) is 8.55. The summed E-state index contributed by atoms with van der Waals surface area (Å²) in [5, 5.41) is 0. The van der Waals surface area contributed by atoms with Crippen LogP contribution in [0.2, 0.25) is 0 Å². The molecule has 1 heterocycles. The Hall–Kier alpha value is -0.820. The first kappa shape index (κ1) is 10.3. The van der Waals surface area contributed by atoms with E-state index >= 15 is 0 Å². The highest BCUT2D eigenvalue weighted by atomic mass is 16.5. The maximum absolute atomic E-state index is 5.64. The lowest BCUT2D eigenvalue weighted by Crippen LogP contribution is -2.08. The summed E-state index contributed by atoms with van der Waals surface area (Å²) in [7, 11) is 0. The van der Waals surface area contributed by atoms with Gasteiger partial charge in [0.1, 0.15) is 0 Å². The van der Waals surface area contributed by atoms with E-state index in [1.807, 2.05) is 13.0 Å². The van der Waals surface area contributed by atoms with Crippen LogP contribution in [0.4, 0.5) is 0 Å². The largest absolute Gasteiger partial charge is 0.373 e. The van der Waals surface area contributed by atoms with Crippen LogP contribution in [0, 0.1) is 0 Å². The van der Waals surface area contributed by atoms with Crippen molar-refractivity contribution in [2.45, 2.75) is 32.8 Å². The molecular formula is C12H18O. The second-order valence-corrected chi connectivity index (χ2v) is 3.66. The Balaban J connectivity index is 2.50. The van der Waals surface area contributed by atoms with Crippen LogP contribution in [0.25, 0.3) is 0 Å². The Morgan fingerprint density at radius 3 is 3.15 bits per heavy atom. The van der Waals surface area contributed by atoms with Crippen molar-refractivity contribution in [1.29, 1.82) is 0 Å². The molecule has 0 aliphatic carbocycles.